The summed E-state index contributed by atoms with van der Waals surface area (Å²) in [4.78, 5) is 28.2. The highest BCUT2D eigenvalue weighted by Gasteiger charge is 2.42. The number of rotatable bonds is 2. The van der Waals surface area contributed by atoms with E-state index in [9.17, 15) is 9.59 Å². The van der Waals surface area contributed by atoms with Crippen molar-refractivity contribution < 1.29 is 14.3 Å². The number of piperidine rings is 2. The summed E-state index contributed by atoms with van der Waals surface area (Å²) in [5.74, 6) is 0.120. The highest BCUT2D eigenvalue weighted by molar-refractivity contribution is 5.87. The summed E-state index contributed by atoms with van der Waals surface area (Å²) in [6.07, 6.45) is 1.55. The second kappa shape index (κ2) is 5.56. The van der Waals surface area contributed by atoms with Crippen LogP contribution in [0.15, 0.2) is 12.7 Å². The van der Waals surface area contributed by atoms with Crippen molar-refractivity contribution in [2.75, 3.05) is 32.7 Å². The third kappa shape index (κ3) is 3.39. The van der Waals surface area contributed by atoms with Gasteiger partial charge in [0.2, 0.25) is 0 Å². The maximum absolute atomic E-state index is 12.2. The molecule has 2 atom stereocenters. The molecule has 2 unspecified atom stereocenters. The van der Waals surface area contributed by atoms with Crippen LogP contribution in [0.25, 0.3) is 0 Å². The number of carbonyl (C=O) groups excluding carboxylic acids is 2. The Morgan fingerprint density at radius 3 is 2.30 bits per heavy atom. The molecule has 0 saturated carbocycles. The molecule has 0 aromatic carbocycles. The molecule has 0 N–H and O–H groups in total. The smallest absolute Gasteiger partial charge is 0.410 e. The molecule has 2 aliphatic heterocycles. The van der Waals surface area contributed by atoms with Crippen LogP contribution in [-0.4, -0.2) is 60.0 Å². The number of ketones is 1. The third-order valence-corrected chi connectivity index (χ3v) is 3.68. The third-order valence-electron chi connectivity index (χ3n) is 3.68. The fourth-order valence-corrected chi connectivity index (χ4v) is 2.92. The Balaban J connectivity index is 2.01. The fraction of sp³-hybridized carbons (Fsp3) is 0.733. The van der Waals surface area contributed by atoms with E-state index in [2.05, 4.69) is 11.5 Å². The van der Waals surface area contributed by atoms with Crippen LogP contribution >= 0.6 is 0 Å². The normalized spacial score (nSPS) is 27.4. The van der Waals surface area contributed by atoms with Gasteiger partial charge in [-0.1, -0.05) is 6.08 Å². The Morgan fingerprint density at radius 1 is 1.30 bits per heavy atom. The molecule has 0 aromatic rings. The molecule has 20 heavy (non-hydrogen) atoms. The number of hydrogen-bond acceptors (Lipinski definition) is 4. The van der Waals surface area contributed by atoms with E-state index in [0.717, 1.165) is 6.54 Å². The van der Waals surface area contributed by atoms with E-state index in [4.69, 9.17) is 4.74 Å². The summed E-state index contributed by atoms with van der Waals surface area (Å²) in [7, 11) is 0. The van der Waals surface area contributed by atoms with Gasteiger partial charge >= 0.3 is 6.09 Å². The van der Waals surface area contributed by atoms with Gasteiger partial charge in [0, 0.05) is 44.6 Å². The van der Waals surface area contributed by atoms with Gasteiger partial charge in [0.25, 0.3) is 0 Å². The van der Waals surface area contributed by atoms with E-state index in [1.54, 1.807) is 4.90 Å². The Bertz CT molecular complexity index is 396. The van der Waals surface area contributed by atoms with Crippen LogP contribution in [-0.2, 0) is 9.53 Å². The van der Waals surface area contributed by atoms with E-state index >= 15 is 0 Å². The number of amides is 1. The predicted molar refractivity (Wildman–Crippen MR) is 76.4 cm³/mol. The first-order chi connectivity index (χ1) is 9.30. The number of hydrogen-bond donors (Lipinski definition) is 0. The van der Waals surface area contributed by atoms with Gasteiger partial charge in [-0.05, 0) is 20.8 Å². The Hall–Kier alpha value is -1.36. The minimum absolute atomic E-state index is 0.0880. The quantitative estimate of drug-likeness (QED) is 0.720. The van der Waals surface area contributed by atoms with E-state index in [1.165, 1.54) is 0 Å². The second-order valence-electron chi connectivity index (χ2n) is 6.69. The SMILES string of the molecule is C=CCN1CC2CN(C(=O)OC(C)(C)C)CC(C1)C2=O. The molecular weight excluding hydrogens is 256 g/mol. The van der Waals surface area contributed by atoms with Crippen LogP contribution in [0.1, 0.15) is 20.8 Å². The second-order valence-corrected chi connectivity index (χ2v) is 6.69. The van der Waals surface area contributed by atoms with Gasteiger partial charge in [-0.3, -0.25) is 9.69 Å². The predicted octanol–water partition coefficient (Wildman–Crippen LogP) is 1.54. The van der Waals surface area contributed by atoms with Crippen LogP contribution in [0, 0.1) is 11.8 Å². The first kappa shape index (κ1) is 15.0. The van der Waals surface area contributed by atoms with E-state index < -0.39 is 5.60 Å². The van der Waals surface area contributed by atoms with Crippen molar-refractivity contribution in [3.8, 4) is 0 Å². The molecule has 2 fully saturated rings. The average Bonchev–Trinajstić information content (AvgIpc) is 2.28. The monoisotopic (exact) mass is 280 g/mol. The number of carbonyl (C=O) groups is 2. The molecule has 0 spiro atoms. The van der Waals surface area contributed by atoms with Crippen molar-refractivity contribution in [3.63, 3.8) is 0 Å². The number of fused-ring (bicyclic) bond motifs is 2. The van der Waals surface area contributed by atoms with Crippen LogP contribution in [0.5, 0.6) is 0 Å². The molecule has 5 nitrogen and oxygen atoms in total. The molecule has 1 amide bonds. The number of ether oxygens (including phenoxy) is 1. The maximum atomic E-state index is 12.2. The molecular formula is C15H24N2O3. The summed E-state index contributed by atoms with van der Waals surface area (Å²) in [6.45, 7) is 12.5. The summed E-state index contributed by atoms with van der Waals surface area (Å²) in [5.41, 5.74) is -0.497. The van der Waals surface area contributed by atoms with E-state index in [0.29, 0.717) is 32.0 Å². The summed E-state index contributed by atoms with van der Waals surface area (Å²) >= 11 is 0. The Labute approximate surface area is 120 Å². The Morgan fingerprint density at radius 2 is 1.85 bits per heavy atom. The molecule has 5 heteroatoms. The van der Waals surface area contributed by atoms with Crippen molar-refractivity contribution in [3.05, 3.63) is 12.7 Å². The van der Waals surface area contributed by atoms with Gasteiger partial charge < -0.3 is 9.64 Å². The zero-order chi connectivity index (χ0) is 14.9. The summed E-state index contributed by atoms with van der Waals surface area (Å²) < 4.78 is 5.40. The molecule has 2 heterocycles. The number of Topliss-reactive ketones (excluding diaryl/α,β-unsaturated/α-hetero) is 1. The van der Waals surface area contributed by atoms with Gasteiger partial charge in [0.05, 0.1) is 0 Å². The molecule has 112 valence electrons. The lowest BCUT2D eigenvalue weighted by molar-refractivity contribution is -0.136. The highest BCUT2D eigenvalue weighted by atomic mass is 16.6. The lowest BCUT2D eigenvalue weighted by Gasteiger charge is -2.44. The largest absolute Gasteiger partial charge is 0.444 e. The first-order valence-corrected chi connectivity index (χ1v) is 7.15. The molecule has 2 saturated heterocycles. The van der Waals surface area contributed by atoms with Crippen LogP contribution in [0.2, 0.25) is 0 Å². The van der Waals surface area contributed by atoms with Crippen molar-refractivity contribution >= 4 is 11.9 Å². The van der Waals surface area contributed by atoms with Crippen LogP contribution < -0.4 is 0 Å². The van der Waals surface area contributed by atoms with Gasteiger partial charge in [-0.2, -0.15) is 0 Å². The summed E-state index contributed by atoms with van der Waals surface area (Å²) in [6, 6.07) is 0. The topological polar surface area (TPSA) is 49.9 Å². The standard InChI is InChI=1S/C15H24N2O3/c1-5-6-16-7-11-9-17(10-12(8-16)13(11)18)14(19)20-15(2,3)4/h5,11-12H,1,6-10H2,2-4H3. The van der Waals surface area contributed by atoms with Crippen LogP contribution in [0.3, 0.4) is 0 Å². The van der Waals surface area contributed by atoms with E-state index in [-0.39, 0.29) is 17.9 Å². The van der Waals surface area contributed by atoms with Gasteiger partial charge in [-0.15, -0.1) is 6.58 Å². The van der Waals surface area contributed by atoms with Crippen LogP contribution in [0.4, 0.5) is 4.79 Å². The van der Waals surface area contributed by atoms with E-state index in [1.807, 2.05) is 26.8 Å². The molecule has 2 bridgehead atoms. The maximum Gasteiger partial charge on any atom is 0.410 e. The summed E-state index contributed by atoms with van der Waals surface area (Å²) in [5, 5.41) is 0. The highest BCUT2D eigenvalue weighted by Crippen LogP contribution is 2.26. The number of likely N-dealkylation sites (tertiary alicyclic amines) is 2. The van der Waals surface area contributed by atoms with Crippen molar-refractivity contribution in [1.29, 1.82) is 0 Å². The van der Waals surface area contributed by atoms with Gasteiger partial charge in [-0.25, -0.2) is 4.79 Å². The lowest BCUT2D eigenvalue weighted by atomic mass is 9.83. The van der Waals surface area contributed by atoms with Crippen molar-refractivity contribution in [2.45, 2.75) is 26.4 Å². The molecule has 2 aliphatic rings. The zero-order valence-electron chi connectivity index (χ0n) is 12.6. The van der Waals surface area contributed by atoms with Crippen molar-refractivity contribution in [1.82, 2.24) is 9.80 Å². The number of nitrogens with zero attached hydrogens (tertiary/aromatic N) is 2. The zero-order valence-corrected chi connectivity index (χ0v) is 12.6. The average molecular weight is 280 g/mol. The first-order valence-electron chi connectivity index (χ1n) is 7.15. The minimum Gasteiger partial charge on any atom is -0.444 e. The van der Waals surface area contributed by atoms with Gasteiger partial charge in [0.1, 0.15) is 11.4 Å². The molecule has 0 aliphatic carbocycles. The Kier molecular flexibility index (Phi) is 4.18. The van der Waals surface area contributed by atoms with Gasteiger partial charge in [0.15, 0.2) is 0 Å². The molecule has 0 aromatic heterocycles. The minimum atomic E-state index is -0.497. The van der Waals surface area contributed by atoms with Crippen molar-refractivity contribution in [2.24, 2.45) is 11.8 Å². The molecule has 0 radical (unpaired) electrons. The lowest BCUT2D eigenvalue weighted by Crippen LogP contribution is -2.59. The fourth-order valence-electron chi connectivity index (χ4n) is 2.92. The molecule has 2 rings (SSSR count).